The lowest BCUT2D eigenvalue weighted by Gasteiger charge is -2.29. The molecule has 2 amide bonds. The SMILES string of the molecule is Cc1ccc(NC(=O)N[C@H]2CC[C@H](Oc3ccc(C=O)cc3)CC2)cc1. The van der Waals surface area contributed by atoms with Gasteiger partial charge in [0.05, 0.1) is 6.10 Å². The summed E-state index contributed by atoms with van der Waals surface area (Å²) in [4.78, 5) is 22.8. The second-order valence-corrected chi connectivity index (χ2v) is 6.74. The Kier molecular flexibility index (Phi) is 5.89. The highest BCUT2D eigenvalue weighted by atomic mass is 16.5. The highest BCUT2D eigenvalue weighted by Gasteiger charge is 2.23. The summed E-state index contributed by atoms with van der Waals surface area (Å²) in [6.07, 6.45) is 4.53. The maximum Gasteiger partial charge on any atom is 0.319 e. The number of carbonyl (C=O) groups is 2. The largest absolute Gasteiger partial charge is 0.490 e. The molecule has 3 rings (SSSR count). The molecule has 0 aliphatic heterocycles. The van der Waals surface area contributed by atoms with Gasteiger partial charge in [-0.1, -0.05) is 17.7 Å². The maximum atomic E-state index is 12.1. The van der Waals surface area contributed by atoms with Crippen LogP contribution in [0, 0.1) is 6.92 Å². The normalized spacial score (nSPS) is 19.4. The minimum atomic E-state index is -0.164. The fourth-order valence-electron chi connectivity index (χ4n) is 3.13. The molecule has 0 aromatic heterocycles. The summed E-state index contributed by atoms with van der Waals surface area (Å²) in [5, 5.41) is 5.91. The standard InChI is InChI=1S/C21H24N2O3/c1-15-2-6-17(7-3-15)22-21(25)23-18-8-12-20(13-9-18)26-19-10-4-16(14-24)5-11-19/h2-7,10-11,14,18,20H,8-9,12-13H2,1H3,(H2,22,23,25)/t18-,20-. The molecule has 1 saturated carbocycles. The Labute approximate surface area is 153 Å². The molecule has 0 radical (unpaired) electrons. The molecule has 136 valence electrons. The Morgan fingerprint density at radius 3 is 2.27 bits per heavy atom. The van der Waals surface area contributed by atoms with Crippen LogP contribution >= 0.6 is 0 Å². The van der Waals surface area contributed by atoms with E-state index < -0.39 is 0 Å². The number of ether oxygens (including phenoxy) is 1. The number of nitrogens with one attached hydrogen (secondary N) is 2. The van der Waals surface area contributed by atoms with Gasteiger partial charge in [0.2, 0.25) is 0 Å². The van der Waals surface area contributed by atoms with Gasteiger partial charge in [0.25, 0.3) is 0 Å². The first-order valence-corrected chi connectivity index (χ1v) is 8.98. The number of aryl methyl sites for hydroxylation is 1. The van der Waals surface area contributed by atoms with Crippen LogP contribution in [-0.4, -0.2) is 24.5 Å². The minimum Gasteiger partial charge on any atom is -0.490 e. The lowest BCUT2D eigenvalue weighted by molar-refractivity contribution is 0.112. The van der Waals surface area contributed by atoms with Gasteiger partial charge in [-0.2, -0.15) is 0 Å². The third-order valence-corrected chi connectivity index (χ3v) is 4.64. The lowest BCUT2D eigenvalue weighted by atomic mass is 9.93. The summed E-state index contributed by atoms with van der Waals surface area (Å²) in [5.41, 5.74) is 2.60. The highest BCUT2D eigenvalue weighted by Crippen LogP contribution is 2.24. The molecule has 0 heterocycles. The van der Waals surface area contributed by atoms with Crippen LogP contribution in [0.3, 0.4) is 0 Å². The molecule has 1 aliphatic rings. The molecule has 2 aromatic rings. The first kappa shape index (κ1) is 18.0. The van der Waals surface area contributed by atoms with Crippen molar-refractivity contribution >= 4 is 18.0 Å². The highest BCUT2D eigenvalue weighted by molar-refractivity contribution is 5.89. The predicted molar refractivity (Wildman–Crippen MR) is 102 cm³/mol. The van der Waals surface area contributed by atoms with Crippen LogP contribution in [0.5, 0.6) is 5.75 Å². The Morgan fingerprint density at radius 2 is 1.65 bits per heavy atom. The molecule has 5 nitrogen and oxygen atoms in total. The van der Waals surface area contributed by atoms with Gasteiger partial charge in [0.15, 0.2) is 0 Å². The van der Waals surface area contributed by atoms with Gasteiger partial charge in [-0.3, -0.25) is 4.79 Å². The third-order valence-electron chi connectivity index (χ3n) is 4.64. The number of rotatable bonds is 5. The van der Waals surface area contributed by atoms with Crippen LogP contribution < -0.4 is 15.4 Å². The molecule has 2 N–H and O–H groups in total. The second-order valence-electron chi connectivity index (χ2n) is 6.74. The Balaban J connectivity index is 1.42. The average Bonchev–Trinajstić information content (AvgIpc) is 2.66. The van der Waals surface area contributed by atoms with Crippen molar-refractivity contribution in [1.82, 2.24) is 5.32 Å². The number of carbonyl (C=O) groups excluding carboxylic acids is 2. The van der Waals surface area contributed by atoms with Crippen LogP contribution in [0.2, 0.25) is 0 Å². The summed E-state index contributed by atoms with van der Waals surface area (Å²) in [6, 6.07) is 14.9. The first-order valence-electron chi connectivity index (χ1n) is 8.98. The van der Waals surface area contributed by atoms with Crippen molar-refractivity contribution in [1.29, 1.82) is 0 Å². The number of hydrogen-bond donors (Lipinski definition) is 2. The Morgan fingerprint density at radius 1 is 1.00 bits per heavy atom. The summed E-state index contributed by atoms with van der Waals surface area (Å²) in [7, 11) is 0. The molecule has 0 spiro atoms. The van der Waals surface area contributed by atoms with Gasteiger partial charge in [0, 0.05) is 17.3 Å². The Bertz CT molecular complexity index is 733. The Hall–Kier alpha value is -2.82. The van der Waals surface area contributed by atoms with E-state index in [0.717, 1.165) is 49.0 Å². The molecule has 26 heavy (non-hydrogen) atoms. The quantitative estimate of drug-likeness (QED) is 0.788. The van der Waals surface area contributed by atoms with Gasteiger partial charge in [-0.05, 0) is 69.0 Å². The van der Waals surface area contributed by atoms with Crippen molar-refractivity contribution in [3.05, 3.63) is 59.7 Å². The molecule has 0 saturated heterocycles. The van der Waals surface area contributed by atoms with Crippen LogP contribution in [0.25, 0.3) is 0 Å². The molecular formula is C21H24N2O3. The fraction of sp³-hybridized carbons (Fsp3) is 0.333. The van der Waals surface area contributed by atoms with Crippen LogP contribution in [0.15, 0.2) is 48.5 Å². The van der Waals surface area contributed by atoms with Crippen molar-refractivity contribution in [2.45, 2.75) is 44.8 Å². The first-order chi connectivity index (χ1) is 12.6. The zero-order chi connectivity index (χ0) is 18.4. The van der Waals surface area contributed by atoms with E-state index in [1.807, 2.05) is 43.3 Å². The van der Waals surface area contributed by atoms with Crippen LogP contribution in [0.4, 0.5) is 10.5 Å². The van der Waals surface area contributed by atoms with Gasteiger partial charge in [-0.15, -0.1) is 0 Å². The molecule has 2 aromatic carbocycles. The van der Waals surface area contributed by atoms with Crippen molar-refractivity contribution < 1.29 is 14.3 Å². The van der Waals surface area contributed by atoms with E-state index in [2.05, 4.69) is 10.6 Å². The molecule has 0 atom stereocenters. The van der Waals surface area contributed by atoms with Gasteiger partial charge >= 0.3 is 6.03 Å². The number of hydrogen-bond acceptors (Lipinski definition) is 3. The molecule has 5 heteroatoms. The monoisotopic (exact) mass is 352 g/mol. The summed E-state index contributed by atoms with van der Waals surface area (Å²) in [5.74, 6) is 0.782. The van der Waals surface area contributed by atoms with E-state index in [1.165, 1.54) is 0 Å². The number of aldehydes is 1. The van der Waals surface area contributed by atoms with E-state index in [1.54, 1.807) is 12.1 Å². The van der Waals surface area contributed by atoms with Crippen molar-refractivity contribution in [2.24, 2.45) is 0 Å². The van der Waals surface area contributed by atoms with E-state index in [9.17, 15) is 9.59 Å². The smallest absolute Gasteiger partial charge is 0.319 e. The van der Waals surface area contributed by atoms with E-state index >= 15 is 0 Å². The zero-order valence-electron chi connectivity index (χ0n) is 14.9. The van der Waals surface area contributed by atoms with Crippen LogP contribution in [-0.2, 0) is 0 Å². The van der Waals surface area contributed by atoms with Gasteiger partial charge < -0.3 is 15.4 Å². The maximum absolute atomic E-state index is 12.1. The summed E-state index contributed by atoms with van der Waals surface area (Å²) < 4.78 is 5.97. The lowest BCUT2D eigenvalue weighted by Crippen LogP contribution is -2.41. The van der Waals surface area contributed by atoms with E-state index in [4.69, 9.17) is 4.74 Å². The molecule has 0 unspecified atom stereocenters. The van der Waals surface area contributed by atoms with Crippen molar-refractivity contribution in [3.8, 4) is 5.75 Å². The van der Waals surface area contributed by atoms with Crippen LogP contribution in [0.1, 0.15) is 41.6 Å². The van der Waals surface area contributed by atoms with Gasteiger partial charge in [0.1, 0.15) is 12.0 Å². The summed E-state index contributed by atoms with van der Waals surface area (Å²) >= 11 is 0. The van der Waals surface area contributed by atoms with Gasteiger partial charge in [-0.25, -0.2) is 4.79 Å². The topological polar surface area (TPSA) is 67.4 Å². The molecule has 1 fully saturated rings. The fourth-order valence-corrected chi connectivity index (χ4v) is 3.13. The molecule has 0 bridgehead atoms. The zero-order valence-corrected chi connectivity index (χ0v) is 14.9. The second kappa shape index (κ2) is 8.52. The number of urea groups is 1. The van der Waals surface area contributed by atoms with E-state index in [-0.39, 0.29) is 18.2 Å². The average molecular weight is 352 g/mol. The molecular weight excluding hydrogens is 328 g/mol. The molecule has 1 aliphatic carbocycles. The summed E-state index contributed by atoms with van der Waals surface area (Å²) in [6.45, 7) is 2.01. The number of anilines is 1. The predicted octanol–water partition coefficient (Wildman–Crippen LogP) is 4.32. The third kappa shape index (κ3) is 5.09. The number of amides is 2. The minimum absolute atomic E-state index is 0.148. The van der Waals surface area contributed by atoms with Crippen molar-refractivity contribution in [2.75, 3.05) is 5.32 Å². The van der Waals surface area contributed by atoms with Crippen molar-refractivity contribution in [3.63, 3.8) is 0 Å². The number of benzene rings is 2. The van der Waals surface area contributed by atoms with E-state index in [0.29, 0.717) is 5.56 Å².